The number of rotatable bonds is 12. The third kappa shape index (κ3) is 15.5. The average Bonchev–Trinajstić information content (AvgIpc) is 2.27. The number of hydrogen-bond donors (Lipinski definition) is 1. The van der Waals surface area contributed by atoms with Gasteiger partial charge in [0.2, 0.25) is 8.32 Å². The molecule has 0 saturated carbocycles. The summed E-state index contributed by atoms with van der Waals surface area (Å²) in [6.45, 7) is 23.4. The third-order valence-electron chi connectivity index (χ3n) is 2.96. The summed E-state index contributed by atoms with van der Waals surface area (Å²) in [5.41, 5.74) is -0.259. The SMILES string of the molecule is CC(C)(CO[Si](C)(C)C)NCC(CS(=O)(=O)O[Si](C)(C)C)O[Si](C)(C)C. The minimum absolute atomic E-state index is 0.125. The van der Waals surface area contributed by atoms with E-state index >= 15 is 0 Å². The topological polar surface area (TPSA) is 73.9 Å². The number of hydrogen-bond acceptors (Lipinski definition) is 6. The zero-order valence-corrected chi connectivity index (χ0v) is 22.5. The predicted octanol–water partition coefficient (Wildman–Crippen LogP) is 3.61. The second kappa shape index (κ2) is 9.29. The van der Waals surface area contributed by atoms with Gasteiger partial charge in [-0.15, -0.1) is 0 Å². The molecular formula is C16H41NO5SSi3. The Morgan fingerprint density at radius 2 is 1.38 bits per heavy atom. The molecule has 0 aromatic carbocycles. The van der Waals surface area contributed by atoms with Crippen LogP contribution in [0.5, 0.6) is 0 Å². The van der Waals surface area contributed by atoms with Crippen LogP contribution in [0.1, 0.15) is 13.8 Å². The molecule has 158 valence electrons. The van der Waals surface area contributed by atoms with E-state index in [1.165, 1.54) is 0 Å². The van der Waals surface area contributed by atoms with E-state index in [0.717, 1.165) is 0 Å². The van der Waals surface area contributed by atoms with Crippen LogP contribution in [0.25, 0.3) is 0 Å². The van der Waals surface area contributed by atoms with Crippen LogP contribution < -0.4 is 5.32 Å². The van der Waals surface area contributed by atoms with E-state index in [9.17, 15) is 8.42 Å². The van der Waals surface area contributed by atoms with Crippen LogP contribution in [0.4, 0.5) is 0 Å². The number of nitrogens with one attached hydrogen (secondary N) is 1. The summed E-state index contributed by atoms with van der Waals surface area (Å²) in [4.78, 5) is 0. The van der Waals surface area contributed by atoms with Crippen molar-refractivity contribution in [2.24, 2.45) is 0 Å². The van der Waals surface area contributed by atoms with Crippen LogP contribution >= 0.6 is 0 Å². The van der Waals surface area contributed by atoms with Crippen molar-refractivity contribution in [3.05, 3.63) is 0 Å². The van der Waals surface area contributed by atoms with Gasteiger partial charge in [-0.3, -0.25) is 0 Å². The molecule has 0 saturated heterocycles. The molecular weight excluding hydrogens is 403 g/mol. The van der Waals surface area contributed by atoms with Crippen molar-refractivity contribution < 1.29 is 21.1 Å². The van der Waals surface area contributed by atoms with Gasteiger partial charge in [0, 0.05) is 12.1 Å². The summed E-state index contributed by atoms with van der Waals surface area (Å²) in [6.07, 6.45) is -0.436. The highest BCUT2D eigenvalue weighted by molar-refractivity contribution is 7.87. The van der Waals surface area contributed by atoms with Crippen LogP contribution in [0.15, 0.2) is 0 Å². The van der Waals surface area contributed by atoms with Gasteiger partial charge >= 0.3 is 0 Å². The maximum Gasteiger partial charge on any atom is 0.260 e. The summed E-state index contributed by atoms with van der Waals surface area (Å²) >= 11 is 0. The van der Waals surface area contributed by atoms with Gasteiger partial charge < -0.3 is 18.0 Å². The van der Waals surface area contributed by atoms with Crippen molar-refractivity contribution in [2.45, 2.75) is 84.4 Å². The Balaban J connectivity index is 5.00. The third-order valence-corrected chi connectivity index (χ3v) is 8.81. The smallest absolute Gasteiger partial charge is 0.260 e. The first-order valence-electron chi connectivity index (χ1n) is 9.20. The molecule has 0 radical (unpaired) electrons. The van der Waals surface area contributed by atoms with Crippen LogP contribution in [0, 0.1) is 0 Å². The second-order valence-electron chi connectivity index (χ2n) is 10.4. The lowest BCUT2D eigenvalue weighted by Gasteiger charge is -2.33. The summed E-state index contributed by atoms with van der Waals surface area (Å²) in [5.74, 6) is -0.125. The van der Waals surface area contributed by atoms with Crippen LogP contribution in [0.3, 0.4) is 0 Å². The summed E-state index contributed by atoms with van der Waals surface area (Å²) in [6, 6.07) is 0. The lowest BCUT2D eigenvalue weighted by molar-refractivity contribution is 0.162. The average molecular weight is 444 g/mol. The fourth-order valence-electron chi connectivity index (χ4n) is 2.12. The highest BCUT2D eigenvalue weighted by atomic mass is 32.2. The van der Waals surface area contributed by atoms with Gasteiger partial charge in [0.05, 0.1) is 12.7 Å². The van der Waals surface area contributed by atoms with Crippen LogP contribution in [0.2, 0.25) is 58.9 Å². The van der Waals surface area contributed by atoms with E-state index in [1.807, 2.05) is 19.6 Å². The Labute approximate surface area is 164 Å². The largest absolute Gasteiger partial charge is 0.416 e. The van der Waals surface area contributed by atoms with E-state index in [-0.39, 0.29) is 11.3 Å². The highest BCUT2D eigenvalue weighted by Crippen LogP contribution is 2.15. The Hall–Kier alpha value is 0.441. The van der Waals surface area contributed by atoms with E-state index < -0.39 is 41.2 Å². The molecule has 0 aliphatic rings. The molecule has 1 N–H and O–H groups in total. The van der Waals surface area contributed by atoms with Crippen molar-refractivity contribution in [2.75, 3.05) is 18.9 Å². The molecule has 0 aromatic heterocycles. The molecule has 0 amide bonds. The highest BCUT2D eigenvalue weighted by Gasteiger charge is 2.32. The van der Waals surface area contributed by atoms with E-state index in [2.05, 4.69) is 58.4 Å². The fraction of sp³-hybridized carbons (Fsp3) is 1.00. The summed E-state index contributed by atoms with van der Waals surface area (Å²) < 4.78 is 42.4. The summed E-state index contributed by atoms with van der Waals surface area (Å²) in [5, 5.41) is 3.43. The predicted molar refractivity (Wildman–Crippen MR) is 118 cm³/mol. The van der Waals surface area contributed by atoms with Gasteiger partial charge in [0.25, 0.3) is 10.1 Å². The monoisotopic (exact) mass is 443 g/mol. The van der Waals surface area contributed by atoms with Gasteiger partial charge in [-0.2, -0.15) is 0 Å². The maximum atomic E-state index is 12.4. The van der Waals surface area contributed by atoms with Crippen LogP contribution in [-0.2, 0) is 22.8 Å². The minimum atomic E-state index is -3.62. The Morgan fingerprint density at radius 1 is 0.885 bits per heavy atom. The lowest BCUT2D eigenvalue weighted by Crippen LogP contribution is -2.52. The molecule has 0 aromatic rings. The van der Waals surface area contributed by atoms with Gasteiger partial charge in [-0.1, -0.05) is 0 Å². The van der Waals surface area contributed by atoms with Gasteiger partial charge in [0.15, 0.2) is 16.6 Å². The molecule has 0 bridgehead atoms. The first kappa shape index (κ1) is 26.4. The first-order chi connectivity index (χ1) is 11.2. The lowest BCUT2D eigenvalue weighted by atomic mass is 10.1. The van der Waals surface area contributed by atoms with Gasteiger partial charge in [-0.05, 0) is 72.8 Å². The summed E-state index contributed by atoms with van der Waals surface area (Å²) in [7, 11) is -9.30. The first-order valence-corrected chi connectivity index (χ1v) is 21.0. The Bertz CT molecular complexity index is 534. The molecule has 0 rings (SSSR count). The normalized spacial score (nSPS) is 16.0. The Morgan fingerprint density at radius 3 is 1.77 bits per heavy atom. The molecule has 0 fully saturated rings. The van der Waals surface area contributed by atoms with E-state index in [4.69, 9.17) is 12.7 Å². The molecule has 6 nitrogen and oxygen atoms in total. The van der Waals surface area contributed by atoms with E-state index in [1.54, 1.807) is 0 Å². The van der Waals surface area contributed by atoms with Crippen molar-refractivity contribution in [3.63, 3.8) is 0 Å². The quantitative estimate of drug-likeness (QED) is 0.464. The molecule has 1 unspecified atom stereocenters. The molecule has 0 spiro atoms. The van der Waals surface area contributed by atoms with E-state index in [0.29, 0.717) is 13.2 Å². The van der Waals surface area contributed by atoms with Crippen molar-refractivity contribution >= 4 is 35.1 Å². The second-order valence-corrected chi connectivity index (χ2v) is 25.8. The standard InChI is InChI=1S/C16H41NO5SSi3/c1-16(2,14-20-24(3,4)5)17-12-15(21-25(6,7)8)13-23(18,19)22-26(9,10)11/h15,17H,12-14H2,1-11H3. The van der Waals surface area contributed by atoms with Crippen molar-refractivity contribution in [3.8, 4) is 0 Å². The molecule has 26 heavy (non-hydrogen) atoms. The molecule has 1 atom stereocenters. The Kier molecular flexibility index (Phi) is 9.45. The zero-order chi connectivity index (χ0) is 21.0. The van der Waals surface area contributed by atoms with Crippen LogP contribution in [-0.4, -0.2) is 63.9 Å². The maximum absolute atomic E-state index is 12.4. The molecule has 0 heterocycles. The zero-order valence-electron chi connectivity index (χ0n) is 18.6. The van der Waals surface area contributed by atoms with Gasteiger partial charge in [-0.25, -0.2) is 8.42 Å². The van der Waals surface area contributed by atoms with Crippen molar-refractivity contribution in [1.82, 2.24) is 5.32 Å². The van der Waals surface area contributed by atoms with Gasteiger partial charge in [0.1, 0.15) is 5.75 Å². The van der Waals surface area contributed by atoms with Crippen molar-refractivity contribution in [1.29, 1.82) is 0 Å². The molecule has 0 aliphatic heterocycles. The fourth-order valence-corrected chi connectivity index (χ4v) is 8.16. The molecule has 10 heteroatoms. The minimum Gasteiger partial charge on any atom is -0.416 e. The molecule has 0 aliphatic carbocycles.